The first-order valence-electron chi connectivity index (χ1n) is 10.8. The first-order chi connectivity index (χ1) is 16.4. The molecular formula is C25H21F3N4O2. The van der Waals surface area contributed by atoms with Gasteiger partial charge in [-0.3, -0.25) is 4.79 Å². The Hall–Kier alpha value is -3.88. The van der Waals surface area contributed by atoms with Crippen molar-refractivity contribution in [2.45, 2.75) is 32.2 Å². The average molecular weight is 466 g/mol. The zero-order valence-electron chi connectivity index (χ0n) is 18.5. The van der Waals surface area contributed by atoms with Crippen molar-refractivity contribution in [3.8, 4) is 17.0 Å². The average Bonchev–Trinajstić information content (AvgIpc) is 3.27. The van der Waals surface area contributed by atoms with Crippen LogP contribution in [0.3, 0.4) is 0 Å². The molecule has 1 aliphatic rings. The summed E-state index contributed by atoms with van der Waals surface area (Å²) in [4.78, 5) is 19.8. The molecule has 3 heterocycles. The Kier molecular flexibility index (Phi) is 5.47. The number of amides is 1. The number of nitrogens with zero attached hydrogens (tertiary/aromatic N) is 4. The molecule has 174 valence electrons. The fourth-order valence-corrected chi connectivity index (χ4v) is 4.36. The molecule has 0 unspecified atom stereocenters. The van der Waals surface area contributed by atoms with Crippen LogP contribution in [0.25, 0.3) is 16.9 Å². The quantitative estimate of drug-likeness (QED) is 0.401. The standard InChI is InChI=1S/C25H21F3N4O2/c1-14-3-4-16-11-17(26)7-10-21(16)31(14)25(33)19-13-29-32-22(23(27)28)12-20(30-24(19)32)15-5-8-18(34-2)9-6-15/h5-14,23H,3-4H2,1-2H3/t14-/m1/s1. The van der Waals surface area contributed by atoms with E-state index in [1.807, 2.05) is 6.92 Å². The summed E-state index contributed by atoms with van der Waals surface area (Å²) in [5.74, 6) is -0.174. The zero-order valence-corrected chi connectivity index (χ0v) is 18.5. The van der Waals surface area contributed by atoms with Gasteiger partial charge >= 0.3 is 0 Å². The van der Waals surface area contributed by atoms with Crippen LogP contribution in [-0.4, -0.2) is 33.7 Å². The second-order valence-corrected chi connectivity index (χ2v) is 8.22. The van der Waals surface area contributed by atoms with Gasteiger partial charge in [-0.15, -0.1) is 0 Å². The second kappa shape index (κ2) is 8.48. The summed E-state index contributed by atoms with van der Waals surface area (Å²) in [5, 5.41) is 4.06. The van der Waals surface area contributed by atoms with Crippen LogP contribution < -0.4 is 9.64 Å². The highest BCUT2D eigenvalue weighted by Crippen LogP contribution is 2.34. The number of ether oxygens (including phenoxy) is 1. The van der Waals surface area contributed by atoms with E-state index in [0.29, 0.717) is 29.8 Å². The number of rotatable bonds is 4. The van der Waals surface area contributed by atoms with Crippen LogP contribution in [0.5, 0.6) is 5.75 Å². The number of carbonyl (C=O) groups excluding carboxylic acids is 1. The zero-order chi connectivity index (χ0) is 24.0. The van der Waals surface area contributed by atoms with Gasteiger partial charge in [-0.05, 0) is 73.9 Å². The molecular weight excluding hydrogens is 445 g/mol. The van der Waals surface area contributed by atoms with Gasteiger partial charge in [0.2, 0.25) is 0 Å². The fraction of sp³-hybridized carbons (Fsp3) is 0.240. The Morgan fingerprint density at radius 3 is 2.62 bits per heavy atom. The minimum Gasteiger partial charge on any atom is -0.497 e. The van der Waals surface area contributed by atoms with E-state index in [9.17, 15) is 18.0 Å². The van der Waals surface area contributed by atoms with Crippen LogP contribution in [0.1, 0.15) is 41.4 Å². The molecule has 2 aromatic heterocycles. The van der Waals surface area contributed by atoms with Gasteiger partial charge in [0.15, 0.2) is 5.65 Å². The van der Waals surface area contributed by atoms with Gasteiger partial charge in [0.05, 0.1) is 19.0 Å². The molecule has 0 aliphatic carbocycles. The van der Waals surface area contributed by atoms with Crippen LogP contribution in [0.2, 0.25) is 0 Å². The SMILES string of the molecule is COc1ccc(-c2cc(C(F)F)n3ncc(C(=O)N4c5ccc(F)cc5CC[C@H]4C)c3n2)cc1. The summed E-state index contributed by atoms with van der Waals surface area (Å²) in [6, 6.07) is 12.2. The first kappa shape index (κ1) is 21.9. The van der Waals surface area contributed by atoms with Gasteiger partial charge in [-0.25, -0.2) is 22.7 Å². The number of alkyl halides is 2. The maximum absolute atomic E-state index is 13.9. The van der Waals surface area contributed by atoms with Gasteiger partial charge in [0.25, 0.3) is 12.3 Å². The minimum absolute atomic E-state index is 0.0371. The van der Waals surface area contributed by atoms with Crippen LogP contribution in [0.15, 0.2) is 54.7 Å². The van der Waals surface area contributed by atoms with E-state index >= 15 is 0 Å². The number of aryl methyl sites for hydroxylation is 1. The molecule has 5 rings (SSSR count). The molecule has 9 heteroatoms. The molecule has 4 aromatic rings. The predicted octanol–water partition coefficient (Wildman–Crippen LogP) is 5.46. The molecule has 0 saturated carbocycles. The third-order valence-corrected chi connectivity index (χ3v) is 6.13. The Balaban J connectivity index is 1.64. The highest BCUT2D eigenvalue weighted by Gasteiger charge is 2.32. The van der Waals surface area contributed by atoms with E-state index in [1.165, 1.54) is 31.5 Å². The molecule has 1 atom stereocenters. The van der Waals surface area contributed by atoms with Crippen molar-refractivity contribution in [2.75, 3.05) is 12.0 Å². The monoisotopic (exact) mass is 466 g/mol. The summed E-state index contributed by atoms with van der Waals surface area (Å²) >= 11 is 0. The lowest BCUT2D eigenvalue weighted by molar-refractivity contribution is 0.0976. The van der Waals surface area contributed by atoms with Crippen molar-refractivity contribution in [3.63, 3.8) is 0 Å². The number of aromatic nitrogens is 3. The molecule has 34 heavy (non-hydrogen) atoms. The van der Waals surface area contributed by atoms with Crippen molar-refractivity contribution >= 4 is 17.2 Å². The summed E-state index contributed by atoms with van der Waals surface area (Å²) in [5.41, 5.74) is 1.97. The highest BCUT2D eigenvalue weighted by molar-refractivity contribution is 6.10. The smallest absolute Gasteiger partial charge is 0.280 e. The predicted molar refractivity (Wildman–Crippen MR) is 121 cm³/mol. The van der Waals surface area contributed by atoms with Crippen molar-refractivity contribution in [1.29, 1.82) is 0 Å². The number of methoxy groups -OCH3 is 1. The first-order valence-corrected chi connectivity index (χ1v) is 10.8. The molecule has 0 N–H and O–H groups in total. The maximum atomic E-state index is 13.9. The lowest BCUT2D eigenvalue weighted by Gasteiger charge is -2.35. The fourth-order valence-electron chi connectivity index (χ4n) is 4.36. The Morgan fingerprint density at radius 1 is 1.15 bits per heavy atom. The lowest BCUT2D eigenvalue weighted by atomic mass is 9.96. The molecule has 0 radical (unpaired) electrons. The number of anilines is 1. The Labute approximate surface area is 193 Å². The summed E-state index contributed by atoms with van der Waals surface area (Å²) in [7, 11) is 1.53. The normalized spacial score (nSPS) is 15.6. The van der Waals surface area contributed by atoms with Gasteiger partial charge in [-0.1, -0.05) is 0 Å². The number of hydrogen-bond acceptors (Lipinski definition) is 4. The van der Waals surface area contributed by atoms with Gasteiger partial charge in [-0.2, -0.15) is 5.10 Å². The third-order valence-electron chi connectivity index (χ3n) is 6.13. The van der Waals surface area contributed by atoms with E-state index in [0.717, 1.165) is 10.1 Å². The minimum atomic E-state index is -2.83. The molecule has 0 bridgehead atoms. The number of hydrogen-bond donors (Lipinski definition) is 0. The van der Waals surface area contributed by atoms with E-state index in [1.54, 1.807) is 35.2 Å². The van der Waals surface area contributed by atoms with E-state index in [4.69, 9.17) is 4.74 Å². The van der Waals surface area contributed by atoms with Crippen LogP contribution in [0.4, 0.5) is 18.9 Å². The summed E-state index contributed by atoms with van der Waals surface area (Å²) in [6.07, 6.45) is -0.280. The summed E-state index contributed by atoms with van der Waals surface area (Å²) in [6.45, 7) is 1.90. The Bertz CT molecular complexity index is 1390. The molecule has 0 spiro atoms. The van der Waals surface area contributed by atoms with Gasteiger partial charge < -0.3 is 9.64 Å². The highest BCUT2D eigenvalue weighted by atomic mass is 19.3. The molecule has 0 fully saturated rings. The van der Waals surface area contributed by atoms with E-state index < -0.39 is 12.3 Å². The maximum Gasteiger partial charge on any atom is 0.280 e. The van der Waals surface area contributed by atoms with Crippen LogP contribution >= 0.6 is 0 Å². The number of halogens is 3. The molecule has 2 aromatic carbocycles. The van der Waals surface area contributed by atoms with Crippen molar-refractivity contribution < 1.29 is 22.7 Å². The van der Waals surface area contributed by atoms with Gasteiger partial charge in [0.1, 0.15) is 22.8 Å². The van der Waals surface area contributed by atoms with Gasteiger partial charge in [0, 0.05) is 17.3 Å². The lowest BCUT2D eigenvalue weighted by Crippen LogP contribution is -2.42. The number of fused-ring (bicyclic) bond motifs is 2. The van der Waals surface area contributed by atoms with Crippen molar-refractivity contribution in [3.05, 3.63) is 77.4 Å². The van der Waals surface area contributed by atoms with Crippen molar-refractivity contribution in [2.24, 2.45) is 0 Å². The third kappa shape index (κ3) is 3.67. The number of carbonyl (C=O) groups is 1. The van der Waals surface area contributed by atoms with Crippen LogP contribution in [-0.2, 0) is 6.42 Å². The van der Waals surface area contributed by atoms with Crippen molar-refractivity contribution in [1.82, 2.24) is 14.6 Å². The van der Waals surface area contributed by atoms with E-state index in [-0.39, 0.29) is 34.5 Å². The largest absolute Gasteiger partial charge is 0.497 e. The second-order valence-electron chi connectivity index (χ2n) is 8.22. The van der Waals surface area contributed by atoms with Crippen LogP contribution in [0, 0.1) is 5.82 Å². The molecule has 0 saturated heterocycles. The Morgan fingerprint density at radius 2 is 1.91 bits per heavy atom. The topological polar surface area (TPSA) is 59.7 Å². The number of benzene rings is 2. The molecule has 1 aliphatic heterocycles. The molecule has 1 amide bonds. The van der Waals surface area contributed by atoms with E-state index in [2.05, 4.69) is 10.1 Å². The molecule has 6 nitrogen and oxygen atoms in total. The summed E-state index contributed by atoms with van der Waals surface area (Å²) < 4.78 is 47.8.